The molecule has 0 spiro atoms. The minimum absolute atomic E-state index is 0. The number of nitrogens with zero attached hydrogens (tertiary/aromatic N) is 5. The van der Waals surface area contributed by atoms with Crippen molar-refractivity contribution in [3.05, 3.63) is 184 Å². The molecule has 1 aromatic heterocycles. The predicted octanol–water partition coefficient (Wildman–Crippen LogP) is 12.6. The van der Waals surface area contributed by atoms with Crippen LogP contribution < -0.4 is 31.7 Å². The molecule has 4 heterocycles. The fourth-order valence-electron chi connectivity index (χ4n) is 10.5. The van der Waals surface area contributed by atoms with E-state index in [9.17, 15) is 0 Å². The summed E-state index contributed by atoms with van der Waals surface area (Å²) >= 11 is 0.577. The Bertz CT molecular complexity index is 3820. The molecule has 0 bridgehead atoms. The number of hydrogen-bond acceptors (Lipinski definition) is 4. The molecule has 12 rings (SSSR count). The van der Waals surface area contributed by atoms with Crippen LogP contribution in [0.1, 0.15) is 37.5 Å². The Morgan fingerprint density at radius 1 is 0.671 bits per heavy atom. The van der Waals surface area contributed by atoms with E-state index in [1.165, 1.54) is 48.3 Å². The van der Waals surface area contributed by atoms with E-state index in [1.807, 2.05) is 6.92 Å². The molecule has 3 aliphatic heterocycles. The van der Waals surface area contributed by atoms with Gasteiger partial charge in [-0.2, -0.15) is 0 Å². The molecule has 0 aliphatic carbocycles. The third-order valence-corrected chi connectivity index (χ3v) is 19.4. The topological polar surface area (TPSA) is 36.1 Å². The minimum atomic E-state index is -1.91. The van der Waals surface area contributed by atoms with Crippen LogP contribution in [-0.4, -0.2) is 48.9 Å². The summed E-state index contributed by atoms with van der Waals surface area (Å²) in [7, 11) is 0.878. The Morgan fingerprint density at radius 3 is 1.93 bits per heavy atom. The molecule has 0 saturated heterocycles. The van der Waals surface area contributed by atoms with Crippen molar-refractivity contribution in [2.45, 2.75) is 33.1 Å². The summed E-state index contributed by atoms with van der Waals surface area (Å²) in [6.07, 6.45) is 4.15. The van der Waals surface area contributed by atoms with Gasteiger partial charge in [-0.25, -0.2) is 0 Å². The molecule has 0 atom stereocenters. The van der Waals surface area contributed by atoms with E-state index >= 15 is 0 Å². The molecule has 8 aromatic carbocycles. The maximum absolute atomic E-state index is 5.07. The molecule has 0 saturated carbocycles. The molecule has 0 fully saturated rings. The van der Waals surface area contributed by atoms with Crippen LogP contribution in [0.3, 0.4) is 0 Å². The fraction of sp³-hybridized carbons (Fsp3) is 0.0847. The van der Waals surface area contributed by atoms with Crippen molar-refractivity contribution < 1.29 is 39.9 Å². The van der Waals surface area contributed by atoms with E-state index in [4.69, 9.17) is 9.98 Å². The average Bonchev–Trinajstić information content (AvgIpc) is 3.69. The van der Waals surface area contributed by atoms with E-state index in [-0.39, 0.29) is 52.1 Å². The number of aliphatic imine (C=N–C) groups is 2. The fourth-order valence-corrected chi connectivity index (χ4v) is 14.0. The molecule has 0 unspecified atom stereocenters. The Kier molecular flexibility index (Phi) is 12.7. The molecular formula is C59H45B2I2N5PTh-. The molecule has 3 aliphatic rings. The van der Waals surface area contributed by atoms with Gasteiger partial charge in [-0.15, -0.1) is 0 Å². The molecule has 0 amide bonds. The average molecular weight is 1360 g/mol. The van der Waals surface area contributed by atoms with E-state index < -0.39 is 18.9 Å². The van der Waals surface area contributed by atoms with Gasteiger partial charge in [-0.05, 0) is 39.6 Å². The van der Waals surface area contributed by atoms with Gasteiger partial charge in [-0.1, -0.05) is 75.4 Å². The van der Waals surface area contributed by atoms with E-state index in [1.54, 1.807) is 0 Å². The van der Waals surface area contributed by atoms with Crippen molar-refractivity contribution in [1.29, 1.82) is 0 Å². The number of para-hydroxylation sites is 2. The second-order valence-electron chi connectivity index (χ2n) is 18.9. The monoisotopic (exact) mass is 1360 g/mol. The van der Waals surface area contributed by atoms with Crippen LogP contribution in [0.4, 0.5) is 34.1 Å². The molecular weight excluding hydrogens is 1320 g/mol. The van der Waals surface area contributed by atoms with Crippen molar-refractivity contribution in [2.24, 2.45) is 9.98 Å². The van der Waals surface area contributed by atoms with Gasteiger partial charge < -0.3 is 0 Å². The zero-order chi connectivity index (χ0) is 47.3. The van der Waals surface area contributed by atoms with Crippen LogP contribution in [0, 0.1) is 50.4 Å². The van der Waals surface area contributed by atoms with Gasteiger partial charge in [0.2, 0.25) is 0 Å². The summed E-state index contributed by atoms with van der Waals surface area (Å²) in [5.74, 6) is 0.658. The first-order valence-corrected chi connectivity index (χ1v) is 28.9. The molecule has 0 N–H and O–H groups in total. The number of hydrogen-bond donors (Lipinski definition) is 0. The van der Waals surface area contributed by atoms with Crippen molar-refractivity contribution in [2.75, 3.05) is 9.80 Å². The van der Waals surface area contributed by atoms with Gasteiger partial charge in [0, 0.05) is 43.5 Å². The molecule has 336 valence electrons. The number of aryl methyl sites for hydroxylation is 1. The Balaban J connectivity index is 0.00000533. The number of benzene rings is 8. The summed E-state index contributed by atoms with van der Waals surface area (Å²) in [4.78, 5) is 14.9. The maximum atomic E-state index is 5.07. The van der Waals surface area contributed by atoms with Crippen molar-refractivity contribution in [3.63, 3.8) is 0 Å². The standard InChI is InChI=1S/C59H45B2I2N5P.Th/c1-36-18-23-51(46(28-36)57-64-35-63(6)58(65-57)69-7)68-49-24-19-37(29-44(49)45-33-40(60-5)21-26-50(45)68)38-30-54-56-55(31-38)67(43-16-12-9-13-17-43)53-27-22-41(62)34-48(53)61(56)47-32-39(59(2,3)4)20-25-52(47)66(54)42-14-10-8-11-15-42;/h8-34H,5-7H2,1-4H3;/q-1;. The number of amidine groups is 1. The first-order chi connectivity index (χ1) is 33.5. The molecule has 70 heavy (non-hydrogen) atoms. The van der Waals surface area contributed by atoms with Gasteiger partial charge in [0.1, 0.15) is 0 Å². The van der Waals surface area contributed by atoms with Crippen LogP contribution in [0.15, 0.2) is 174 Å². The van der Waals surface area contributed by atoms with E-state index in [0.717, 1.165) is 78.2 Å². The van der Waals surface area contributed by atoms with Gasteiger partial charge in [0.05, 0.1) is 0 Å². The Morgan fingerprint density at radius 2 is 1.29 bits per heavy atom. The van der Waals surface area contributed by atoms with Gasteiger partial charge in [0.25, 0.3) is 0 Å². The van der Waals surface area contributed by atoms with Crippen LogP contribution in [0.2, 0.25) is 0 Å². The van der Waals surface area contributed by atoms with Crippen molar-refractivity contribution in [3.8, 4) is 16.8 Å². The van der Waals surface area contributed by atoms with Crippen LogP contribution in [0.5, 0.6) is 0 Å². The summed E-state index contributed by atoms with van der Waals surface area (Å²) in [6.45, 7) is 15.2. The molecule has 9 aromatic rings. The van der Waals surface area contributed by atoms with Crippen molar-refractivity contribution in [1.82, 2.24) is 4.57 Å². The van der Waals surface area contributed by atoms with E-state index in [0.29, 0.717) is 5.84 Å². The van der Waals surface area contributed by atoms with Gasteiger partial charge in [-0.3, -0.25) is 0 Å². The minimum Gasteiger partial charge on any atom is 0 e. The SMILES string of the molecule is C=Bc1ccc2c(c1)c1cc(-c3cc4c5c(c3)N(c3ccccc3)c3ccc(C(C)(C)C)cc3B5c3cc(I)ccc3N4c3ccccc3)ccc1n2-c1ccc(C)cc1C1=NC(P=C)=I(=C)[C-]=N1.[Th]. The molecule has 0 radical (unpaired) electrons. The summed E-state index contributed by atoms with van der Waals surface area (Å²) in [6, 6.07) is 61.0. The third kappa shape index (κ3) is 7.96. The van der Waals surface area contributed by atoms with Crippen LogP contribution in [-0.2, 0) is 5.41 Å². The summed E-state index contributed by atoms with van der Waals surface area (Å²) < 4.78 is 12.3. The Hall–Kier alpha value is -4.81. The quantitative estimate of drug-likeness (QED) is 0.0690. The van der Waals surface area contributed by atoms with Crippen molar-refractivity contribution >= 4 is 172 Å². The first kappa shape index (κ1) is 47.5. The van der Waals surface area contributed by atoms with Gasteiger partial charge >= 0.3 is 312 Å². The number of halogens is 2. The molecule has 11 heteroatoms. The second kappa shape index (κ2) is 18.7. The normalized spacial score (nSPS) is 14.0. The second-order valence-corrected chi connectivity index (χ2v) is 25.3. The smallest absolute Gasteiger partial charge is 0 e. The first-order valence-electron chi connectivity index (χ1n) is 23.0. The molecule has 5 nitrogen and oxygen atoms in total. The van der Waals surface area contributed by atoms with Crippen LogP contribution >= 0.6 is 49.7 Å². The largest absolute Gasteiger partial charge is 0 e. The Labute approximate surface area is 464 Å². The van der Waals surface area contributed by atoms with Gasteiger partial charge in [0.15, 0.2) is 0 Å². The summed E-state index contributed by atoms with van der Waals surface area (Å²) in [5.41, 5.74) is 20.9. The third-order valence-electron chi connectivity index (χ3n) is 13.7. The number of anilines is 6. The maximum Gasteiger partial charge on any atom is 0 e. The number of rotatable bonds is 7. The number of fused-ring (bicyclic) bond motifs is 7. The van der Waals surface area contributed by atoms with Crippen LogP contribution in [0.25, 0.3) is 38.6 Å². The predicted molar refractivity (Wildman–Crippen MR) is 323 cm³/mol. The number of aromatic nitrogens is 1. The zero-order valence-electron chi connectivity index (χ0n) is 39.3. The summed E-state index contributed by atoms with van der Waals surface area (Å²) in [5, 5.41) is 2.30. The zero-order valence-corrected chi connectivity index (χ0v) is 48.6. The van der Waals surface area contributed by atoms with E-state index in [2.05, 4.69) is 250 Å².